The van der Waals surface area contributed by atoms with Gasteiger partial charge in [-0.3, -0.25) is 19.1 Å². The number of halogens is 3. The summed E-state index contributed by atoms with van der Waals surface area (Å²) in [6, 6.07) is 13.5. The highest BCUT2D eigenvalue weighted by Gasteiger charge is 2.34. The second-order valence-corrected chi connectivity index (χ2v) is 8.00. The van der Waals surface area contributed by atoms with Crippen LogP contribution in [0.1, 0.15) is 14.5 Å². The van der Waals surface area contributed by atoms with Crippen LogP contribution in [0.15, 0.2) is 65.6 Å². The van der Waals surface area contributed by atoms with E-state index in [1.165, 1.54) is 15.5 Å². The Morgan fingerprint density at radius 2 is 1.78 bits per heavy atom. The third kappa shape index (κ3) is 4.52. The Hall–Kier alpha value is -3.60. The number of nitrogens with one attached hydrogen (secondary N) is 1. The van der Waals surface area contributed by atoms with Crippen molar-refractivity contribution in [1.29, 1.82) is 0 Å². The SMILES string of the molecule is O=C(NC[C@H]1CN(c2ccc(-n3ccccc3=O)cc2)C(=O)O1)c1ccc(C(F)(F)F)s1. The van der Waals surface area contributed by atoms with Crippen molar-refractivity contribution in [2.75, 3.05) is 18.0 Å². The molecule has 3 heterocycles. The van der Waals surface area contributed by atoms with E-state index in [-0.39, 0.29) is 23.5 Å². The first-order chi connectivity index (χ1) is 15.2. The predicted molar refractivity (Wildman–Crippen MR) is 111 cm³/mol. The minimum Gasteiger partial charge on any atom is -0.442 e. The van der Waals surface area contributed by atoms with E-state index in [9.17, 15) is 27.6 Å². The number of nitrogens with zero attached hydrogens (tertiary/aromatic N) is 2. The molecule has 1 saturated heterocycles. The highest BCUT2D eigenvalue weighted by atomic mass is 32.1. The largest absolute Gasteiger partial charge is 0.442 e. The molecule has 2 amide bonds. The number of carbonyl (C=O) groups excluding carboxylic acids is 2. The number of alkyl halides is 3. The van der Waals surface area contributed by atoms with Crippen molar-refractivity contribution in [3.8, 4) is 5.69 Å². The van der Waals surface area contributed by atoms with E-state index in [2.05, 4.69) is 5.32 Å². The van der Waals surface area contributed by atoms with Crippen LogP contribution in [0, 0.1) is 0 Å². The molecular formula is C21H16F3N3O4S. The third-order valence-electron chi connectivity index (χ3n) is 4.74. The minimum absolute atomic E-state index is 0.0438. The van der Waals surface area contributed by atoms with Gasteiger partial charge in [-0.1, -0.05) is 6.07 Å². The van der Waals surface area contributed by atoms with Gasteiger partial charge < -0.3 is 10.1 Å². The molecule has 0 spiro atoms. The molecule has 1 aromatic carbocycles. The summed E-state index contributed by atoms with van der Waals surface area (Å²) in [6.45, 7) is 0.111. The van der Waals surface area contributed by atoms with Crippen LogP contribution in [0.5, 0.6) is 0 Å². The van der Waals surface area contributed by atoms with Gasteiger partial charge in [-0.05, 0) is 42.5 Å². The highest BCUT2D eigenvalue weighted by molar-refractivity contribution is 7.14. The average molecular weight is 463 g/mol. The van der Waals surface area contributed by atoms with Crippen molar-refractivity contribution in [2.45, 2.75) is 12.3 Å². The van der Waals surface area contributed by atoms with Crippen molar-refractivity contribution >= 4 is 29.0 Å². The molecule has 1 atom stereocenters. The van der Waals surface area contributed by atoms with Gasteiger partial charge in [0.15, 0.2) is 0 Å². The Morgan fingerprint density at radius 1 is 1.06 bits per heavy atom. The number of rotatable bonds is 5. The van der Waals surface area contributed by atoms with Crippen molar-refractivity contribution in [2.24, 2.45) is 0 Å². The van der Waals surface area contributed by atoms with E-state index in [1.807, 2.05) is 0 Å². The smallest absolute Gasteiger partial charge is 0.425 e. The molecule has 4 rings (SSSR count). The Labute approximate surface area is 183 Å². The summed E-state index contributed by atoms with van der Waals surface area (Å²) in [5, 5.41) is 2.50. The van der Waals surface area contributed by atoms with Crippen LogP contribution >= 0.6 is 11.3 Å². The van der Waals surface area contributed by atoms with Gasteiger partial charge in [0.25, 0.3) is 11.5 Å². The number of thiophene rings is 1. The highest BCUT2D eigenvalue weighted by Crippen LogP contribution is 2.34. The van der Waals surface area contributed by atoms with Crippen molar-refractivity contribution in [3.63, 3.8) is 0 Å². The van der Waals surface area contributed by atoms with Crippen LogP contribution in [0.3, 0.4) is 0 Å². The number of benzene rings is 1. The van der Waals surface area contributed by atoms with Crippen LogP contribution in [0.4, 0.5) is 23.7 Å². The van der Waals surface area contributed by atoms with Gasteiger partial charge in [0.05, 0.1) is 18.0 Å². The number of pyridine rings is 1. The number of cyclic esters (lactones) is 1. The minimum atomic E-state index is -4.51. The number of amides is 2. The van der Waals surface area contributed by atoms with Gasteiger partial charge in [-0.2, -0.15) is 13.2 Å². The molecule has 11 heteroatoms. The van der Waals surface area contributed by atoms with E-state index in [0.717, 1.165) is 12.1 Å². The maximum Gasteiger partial charge on any atom is 0.425 e. The Kier molecular flexibility index (Phi) is 5.74. The lowest BCUT2D eigenvalue weighted by molar-refractivity contribution is -0.134. The second kappa shape index (κ2) is 8.50. The lowest BCUT2D eigenvalue weighted by Gasteiger charge is -2.14. The zero-order chi connectivity index (χ0) is 22.9. The molecule has 32 heavy (non-hydrogen) atoms. The molecule has 7 nitrogen and oxygen atoms in total. The Bertz CT molecular complexity index is 1200. The van der Waals surface area contributed by atoms with Crippen LogP contribution in [-0.2, 0) is 10.9 Å². The quantitative estimate of drug-likeness (QED) is 0.626. The molecule has 1 N–H and O–H groups in total. The van der Waals surface area contributed by atoms with E-state index < -0.39 is 29.2 Å². The number of carbonyl (C=O) groups is 2. The van der Waals surface area contributed by atoms with Crippen LogP contribution in [0.25, 0.3) is 5.69 Å². The lowest BCUT2D eigenvalue weighted by Crippen LogP contribution is -2.34. The van der Waals surface area contributed by atoms with E-state index in [0.29, 0.717) is 22.7 Å². The molecule has 0 saturated carbocycles. The number of hydrogen-bond donors (Lipinski definition) is 1. The van der Waals surface area contributed by atoms with Gasteiger partial charge in [-0.15, -0.1) is 11.3 Å². The molecule has 0 aliphatic carbocycles. The monoisotopic (exact) mass is 463 g/mol. The van der Waals surface area contributed by atoms with Gasteiger partial charge in [0.1, 0.15) is 11.0 Å². The number of anilines is 1. The van der Waals surface area contributed by atoms with Gasteiger partial charge in [-0.25, -0.2) is 4.79 Å². The number of hydrogen-bond acceptors (Lipinski definition) is 5. The average Bonchev–Trinajstić information content (AvgIpc) is 3.40. The fourth-order valence-corrected chi connectivity index (χ4v) is 3.97. The summed E-state index contributed by atoms with van der Waals surface area (Å²) in [4.78, 5) is 36.7. The van der Waals surface area contributed by atoms with Crippen molar-refractivity contribution in [1.82, 2.24) is 9.88 Å². The first-order valence-corrected chi connectivity index (χ1v) is 10.3. The van der Waals surface area contributed by atoms with Crippen LogP contribution < -0.4 is 15.8 Å². The molecular weight excluding hydrogens is 447 g/mol. The lowest BCUT2D eigenvalue weighted by atomic mass is 10.2. The first-order valence-electron chi connectivity index (χ1n) is 9.44. The fourth-order valence-electron chi connectivity index (χ4n) is 3.18. The van der Waals surface area contributed by atoms with Gasteiger partial charge >= 0.3 is 12.3 Å². The molecule has 2 aromatic heterocycles. The molecule has 1 aliphatic rings. The van der Waals surface area contributed by atoms with Gasteiger partial charge in [0, 0.05) is 23.6 Å². The molecule has 0 radical (unpaired) electrons. The summed E-state index contributed by atoms with van der Waals surface area (Å²) >= 11 is 0.349. The molecule has 0 bridgehead atoms. The normalized spacial score (nSPS) is 16.2. The van der Waals surface area contributed by atoms with Gasteiger partial charge in [0.2, 0.25) is 0 Å². The molecule has 166 valence electrons. The second-order valence-electron chi connectivity index (χ2n) is 6.91. The topological polar surface area (TPSA) is 80.6 Å². The standard InChI is InChI=1S/C21H16F3N3O4S/c22-21(23,24)17-9-8-16(32-17)19(29)25-11-15-12-27(20(30)31-15)14-6-4-13(5-7-14)26-10-2-1-3-18(26)28/h1-10,15H,11-12H2,(H,25,29)/t15-/m0/s1. The molecule has 0 unspecified atom stereocenters. The summed E-state index contributed by atoms with van der Waals surface area (Å²) < 4.78 is 44.8. The zero-order valence-corrected chi connectivity index (χ0v) is 17.2. The predicted octanol–water partition coefficient (Wildman–Crippen LogP) is 3.67. The molecule has 1 aliphatic heterocycles. The summed E-state index contributed by atoms with van der Waals surface area (Å²) in [5.74, 6) is -0.669. The molecule has 3 aromatic rings. The van der Waals surface area contributed by atoms with Crippen molar-refractivity contribution < 1.29 is 27.5 Å². The zero-order valence-electron chi connectivity index (χ0n) is 16.3. The third-order valence-corrected chi connectivity index (χ3v) is 5.86. The molecule has 1 fully saturated rings. The Balaban J connectivity index is 1.37. The number of ether oxygens (including phenoxy) is 1. The van der Waals surface area contributed by atoms with Crippen molar-refractivity contribution in [3.05, 3.63) is 80.9 Å². The summed E-state index contributed by atoms with van der Waals surface area (Å²) in [5.41, 5.74) is 0.985. The van der Waals surface area contributed by atoms with E-state index >= 15 is 0 Å². The van der Waals surface area contributed by atoms with E-state index in [4.69, 9.17) is 4.74 Å². The first kappa shape index (κ1) is 21.6. The summed E-state index contributed by atoms with van der Waals surface area (Å²) in [7, 11) is 0. The maximum atomic E-state index is 12.7. The Morgan fingerprint density at radius 3 is 2.44 bits per heavy atom. The van der Waals surface area contributed by atoms with Crippen LogP contribution in [-0.4, -0.2) is 35.8 Å². The maximum absolute atomic E-state index is 12.7. The summed E-state index contributed by atoms with van der Waals surface area (Å²) in [6.07, 6.45) is -4.14. The number of aromatic nitrogens is 1. The van der Waals surface area contributed by atoms with E-state index in [1.54, 1.807) is 42.6 Å². The fraction of sp³-hybridized carbons (Fsp3) is 0.190. The van der Waals surface area contributed by atoms with Crippen LogP contribution in [0.2, 0.25) is 0 Å².